The summed E-state index contributed by atoms with van der Waals surface area (Å²) in [6.07, 6.45) is 2.80. The van der Waals surface area contributed by atoms with Crippen molar-refractivity contribution in [2.75, 3.05) is 0 Å². The molecule has 1 aromatic heterocycles. The molecule has 0 aliphatic carbocycles. The van der Waals surface area contributed by atoms with E-state index >= 15 is 0 Å². The monoisotopic (exact) mass is 297 g/mol. The second kappa shape index (κ2) is 5.41. The Kier molecular flexibility index (Phi) is 3.45. The number of benzene rings is 2. The summed E-state index contributed by atoms with van der Waals surface area (Å²) in [4.78, 5) is 12.3. The van der Waals surface area contributed by atoms with Crippen LogP contribution in [-0.4, -0.2) is 23.4 Å². The SMILES string of the molecule is O=S(=O)(c1ccccc1)c1ccc(-c2ncncn2)cc1. The number of hydrogen-bond acceptors (Lipinski definition) is 5. The van der Waals surface area contributed by atoms with Gasteiger partial charge in [-0.3, -0.25) is 0 Å². The lowest BCUT2D eigenvalue weighted by atomic mass is 10.2. The molecule has 0 saturated carbocycles. The van der Waals surface area contributed by atoms with E-state index in [1.54, 1.807) is 54.6 Å². The topological polar surface area (TPSA) is 72.8 Å². The minimum atomic E-state index is -3.49. The fourth-order valence-corrected chi connectivity index (χ4v) is 3.19. The Morgan fingerprint density at radius 3 is 1.90 bits per heavy atom. The molecule has 5 nitrogen and oxygen atoms in total. The van der Waals surface area contributed by atoms with Crippen LogP contribution < -0.4 is 0 Å². The predicted octanol–water partition coefficient (Wildman–Crippen LogP) is 2.37. The van der Waals surface area contributed by atoms with Crippen LogP contribution in [0.2, 0.25) is 0 Å². The third-order valence-corrected chi connectivity index (χ3v) is 4.76. The number of aromatic nitrogens is 3. The summed E-state index contributed by atoms with van der Waals surface area (Å²) in [6.45, 7) is 0. The van der Waals surface area contributed by atoms with Crippen LogP contribution in [0.3, 0.4) is 0 Å². The molecule has 0 radical (unpaired) electrons. The van der Waals surface area contributed by atoms with Gasteiger partial charge in [-0.05, 0) is 36.4 Å². The number of nitrogens with zero attached hydrogens (tertiary/aromatic N) is 3. The molecule has 21 heavy (non-hydrogen) atoms. The molecule has 0 atom stereocenters. The summed E-state index contributed by atoms with van der Waals surface area (Å²) < 4.78 is 24.9. The molecule has 2 aromatic carbocycles. The van der Waals surface area contributed by atoms with Crippen LogP contribution in [0.15, 0.2) is 77.0 Å². The highest BCUT2D eigenvalue weighted by atomic mass is 32.2. The van der Waals surface area contributed by atoms with Gasteiger partial charge in [0.15, 0.2) is 5.82 Å². The van der Waals surface area contributed by atoms with Crippen molar-refractivity contribution in [1.82, 2.24) is 15.0 Å². The molecular formula is C15H11N3O2S. The lowest BCUT2D eigenvalue weighted by Gasteiger charge is -2.05. The van der Waals surface area contributed by atoms with E-state index in [1.165, 1.54) is 12.7 Å². The van der Waals surface area contributed by atoms with Crippen molar-refractivity contribution < 1.29 is 8.42 Å². The van der Waals surface area contributed by atoms with E-state index in [1.807, 2.05) is 0 Å². The molecule has 0 aliphatic heterocycles. The van der Waals surface area contributed by atoms with Gasteiger partial charge >= 0.3 is 0 Å². The molecule has 0 amide bonds. The summed E-state index contributed by atoms with van der Waals surface area (Å²) in [6, 6.07) is 14.8. The average Bonchev–Trinajstić information content (AvgIpc) is 2.57. The van der Waals surface area contributed by atoms with Crippen molar-refractivity contribution in [2.45, 2.75) is 9.79 Å². The summed E-state index contributed by atoms with van der Waals surface area (Å²) in [5.41, 5.74) is 0.740. The maximum atomic E-state index is 12.4. The molecule has 0 fully saturated rings. The van der Waals surface area contributed by atoms with Gasteiger partial charge in [0.1, 0.15) is 12.7 Å². The van der Waals surface area contributed by atoms with Gasteiger partial charge < -0.3 is 0 Å². The van der Waals surface area contributed by atoms with Crippen molar-refractivity contribution in [2.24, 2.45) is 0 Å². The Labute approximate surface area is 122 Å². The maximum absolute atomic E-state index is 12.4. The first-order valence-electron chi connectivity index (χ1n) is 6.20. The van der Waals surface area contributed by atoms with Crippen molar-refractivity contribution in [1.29, 1.82) is 0 Å². The van der Waals surface area contributed by atoms with Crippen molar-refractivity contribution in [3.8, 4) is 11.4 Å². The third kappa shape index (κ3) is 2.66. The smallest absolute Gasteiger partial charge is 0.206 e. The van der Waals surface area contributed by atoms with E-state index in [9.17, 15) is 8.42 Å². The van der Waals surface area contributed by atoms with E-state index in [-0.39, 0.29) is 9.79 Å². The van der Waals surface area contributed by atoms with E-state index < -0.39 is 9.84 Å². The highest BCUT2D eigenvalue weighted by Gasteiger charge is 2.17. The fourth-order valence-electron chi connectivity index (χ4n) is 1.91. The zero-order valence-electron chi connectivity index (χ0n) is 10.9. The summed E-state index contributed by atoms with van der Waals surface area (Å²) >= 11 is 0. The van der Waals surface area contributed by atoms with E-state index in [0.717, 1.165) is 5.56 Å². The van der Waals surface area contributed by atoms with Crippen molar-refractivity contribution in [3.05, 3.63) is 67.3 Å². The first kappa shape index (κ1) is 13.4. The molecular weight excluding hydrogens is 286 g/mol. The first-order chi connectivity index (χ1) is 10.2. The van der Waals surface area contributed by atoms with Gasteiger partial charge in [0.05, 0.1) is 9.79 Å². The Morgan fingerprint density at radius 2 is 1.29 bits per heavy atom. The Hall–Kier alpha value is -2.60. The quantitative estimate of drug-likeness (QED) is 0.742. The number of sulfone groups is 1. The molecule has 3 rings (SSSR count). The molecule has 0 N–H and O–H groups in total. The molecule has 1 heterocycles. The van der Waals surface area contributed by atoms with Crippen LogP contribution in [0.5, 0.6) is 0 Å². The zero-order valence-corrected chi connectivity index (χ0v) is 11.7. The van der Waals surface area contributed by atoms with Gasteiger partial charge in [-0.25, -0.2) is 23.4 Å². The lowest BCUT2D eigenvalue weighted by Crippen LogP contribution is -2.01. The van der Waals surface area contributed by atoms with Gasteiger partial charge in [0.2, 0.25) is 9.84 Å². The van der Waals surface area contributed by atoms with Crippen LogP contribution in [0.4, 0.5) is 0 Å². The molecule has 0 aliphatic rings. The van der Waals surface area contributed by atoms with E-state index in [0.29, 0.717) is 5.82 Å². The molecule has 104 valence electrons. The number of rotatable bonds is 3. The van der Waals surface area contributed by atoms with Crippen LogP contribution in [-0.2, 0) is 9.84 Å². The van der Waals surface area contributed by atoms with Crippen LogP contribution in [0.1, 0.15) is 0 Å². The zero-order chi connectivity index (χ0) is 14.7. The number of hydrogen-bond donors (Lipinski definition) is 0. The van der Waals surface area contributed by atoms with Crippen LogP contribution in [0.25, 0.3) is 11.4 Å². The Balaban J connectivity index is 1.99. The summed E-state index contributed by atoms with van der Waals surface area (Å²) in [7, 11) is -3.49. The summed E-state index contributed by atoms with van der Waals surface area (Å²) in [5.74, 6) is 0.508. The highest BCUT2D eigenvalue weighted by Crippen LogP contribution is 2.23. The molecule has 0 saturated heterocycles. The lowest BCUT2D eigenvalue weighted by molar-refractivity contribution is 0.596. The standard InChI is InChI=1S/C15H11N3O2S/c19-21(20,13-4-2-1-3-5-13)14-8-6-12(7-9-14)15-17-10-16-11-18-15/h1-11H. The van der Waals surface area contributed by atoms with Gasteiger partial charge in [0, 0.05) is 5.56 Å². The largest absolute Gasteiger partial charge is 0.225 e. The van der Waals surface area contributed by atoms with Gasteiger partial charge in [-0.2, -0.15) is 0 Å². The Morgan fingerprint density at radius 1 is 0.714 bits per heavy atom. The van der Waals surface area contributed by atoms with Crippen molar-refractivity contribution >= 4 is 9.84 Å². The van der Waals surface area contributed by atoms with E-state index in [4.69, 9.17) is 0 Å². The van der Waals surface area contributed by atoms with Crippen LogP contribution in [0, 0.1) is 0 Å². The van der Waals surface area contributed by atoms with Gasteiger partial charge in [-0.15, -0.1) is 0 Å². The predicted molar refractivity (Wildman–Crippen MR) is 77.2 cm³/mol. The minimum Gasteiger partial charge on any atom is -0.225 e. The second-order valence-corrected chi connectivity index (χ2v) is 6.25. The average molecular weight is 297 g/mol. The highest BCUT2D eigenvalue weighted by molar-refractivity contribution is 7.91. The molecule has 3 aromatic rings. The molecule has 0 spiro atoms. The van der Waals surface area contributed by atoms with Crippen LogP contribution >= 0.6 is 0 Å². The second-order valence-electron chi connectivity index (χ2n) is 4.30. The Bertz CT molecular complexity index is 833. The first-order valence-corrected chi connectivity index (χ1v) is 7.69. The van der Waals surface area contributed by atoms with Gasteiger partial charge in [-0.1, -0.05) is 18.2 Å². The van der Waals surface area contributed by atoms with Crippen molar-refractivity contribution in [3.63, 3.8) is 0 Å². The maximum Gasteiger partial charge on any atom is 0.206 e. The summed E-state index contributed by atoms with van der Waals surface area (Å²) in [5, 5.41) is 0. The molecule has 0 bridgehead atoms. The molecule has 0 unspecified atom stereocenters. The van der Waals surface area contributed by atoms with Gasteiger partial charge in [0.25, 0.3) is 0 Å². The fraction of sp³-hybridized carbons (Fsp3) is 0. The third-order valence-electron chi connectivity index (χ3n) is 2.97. The minimum absolute atomic E-state index is 0.242. The van der Waals surface area contributed by atoms with E-state index in [2.05, 4.69) is 15.0 Å². The molecule has 6 heteroatoms. The normalized spacial score (nSPS) is 11.2.